The average Bonchev–Trinajstić information content (AvgIpc) is 3.12. The molecule has 7 nitrogen and oxygen atoms in total. The average molecular weight is 342 g/mol. The number of amides is 1. The number of anilines is 1. The van der Waals surface area contributed by atoms with Gasteiger partial charge in [0, 0.05) is 20.1 Å². The number of carbonyl (C=O) groups is 1. The number of unbranched alkanes of at least 4 members (excludes halogenated alkanes) is 1. The van der Waals surface area contributed by atoms with Gasteiger partial charge in [-0.3, -0.25) is 4.79 Å². The Balaban J connectivity index is 1.56. The van der Waals surface area contributed by atoms with E-state index in [-0.39, 0.29) is 12.7 Å². The van der Waals surface area contributed by atoms with E-state index in [1.807, 2.05) is 18.2 Å². The Morgan fingerprint density at radius 1 is 1.20 bits per heavy atom. The SMILES string of the molecule is CCCCN(C)C(=O)c1ccc(NCc2ccc3c(c2)OCO3)nn1. The summed E-state index contributed by atoms with van der Waals surface area (Å²) in [7, 11) is 1.78. The number of fused-ring (bicyclic) bond motifs is 1. The van der Waals surface area contributed by atoms with E-state index in [0.717, 1.165) is 36.4 Å². The van der Waals surface area contributed by atoms with Crippen molar-refractivity contribution in [2.45, 2.75) is 26.3 Å². The van der Waals surface area contributed by atoms with Crippen molar-refractivity contribution in [3.63, 3.8) is 0 Å². The maximum Gasteiger partial charge on any atom is 0.274 e. The van der Waals surface area contributed by atoms with E-state index >= 15 is 0 Å². The topological polar surface area (TPSA) is 76.6 Å². The number of hydrogen-bond acceptors (Lipinski definition) is 6. The molecule has 2 heterocycles. The maximum absolute atomic E-state index is 12.2. The zero-order chi connectivity index (χ0) is 17.6. The first-order valence-electron chi connectivity index (χ1n) is 8.39. The van der Waals surface area contributed by atoms with Crippen molar-refractivity contribution in [3.05, 3.63) is 41.6 Å². The Morgan fingerprint density at radius 2 is 2.04 bits per heavy atom. The van der Waals surface area contributed by atoms with Crippen molar-refractivity contribution in [1.82, 2.24) is 15.1 Å². The molecule has 0 aliphatic carbocycles. The number of carbonyl (C=O) groups excluding carboxylic acids is 1. The fraction of sp³-hybridized carbons (Fsp3) is 0.389. The van der Waals surface area contributed by atoms with Gasteiger partial charge < -0.3 is 19.7 Å². The number of ether oxygens (including phenoxy) is 2. The first-order chi connectivity index (χ1) is 12.2. The Labute approximate surface area is 147 Å². The van der Waals surface area contributed by atoms with Crippen molar-refractivity contribution in [3.8, 4) is 11.5 Å². The normalized spacial score (nSPS) is 12.1. The lowest BCUT2D eigenvalue weighted by Crippen LogP contribution is -2.28. The number of rotatable bonds is 7. The van der Waals surface area contributed by atoms with Crippen LogP contribution in [0.4, 0.5) is 5.82 Å². The predicted octanol–water partition coefficient (Wildman–Crippen LogP) is 2.69. The van der Waals surface area contributed by atoms with Crippen molar-refractivity contribution in [2.24, 2.45) is 0 Å². The summed E-state index contributed by atoms with van der Waals surface area (Å²) in [5.41, 5.74) is 1.40. The summed E-state index contributed by atoms with van der Waals surface area (Å²) in [6.07, 6.45) is 2.02. The summed E-state index contributed by atoms with van der Waals surface area (Å²) >= 11 is 0. The largest absolute Gasteiger partial charge is 0.454 e. The van der Waals surface area contributed by atoms with Crippen molar-refractivity contribution in [2.75, 3.05) is 25.7 Å². The molecule has 25 heavy (non-hydrogen) atoms. The molecule has 1 aliphatic heterocycles. The lowest BCUT2D eigenvalue weighted by molar-refractivity contribution is 0.0786. The zero-order valence-electron chi connectivity index (χ0n) is 14.5. The summed E-state index contributed by atoms with van der Waals surface area (Å²) in [6.45, 7) is 3.66. The fourth-order valence-electron chi connectivity index (χ4n) is 2.48. The van der Waals surface area contributed by atoms with Crippen LogP contribution in [0, 0.1) is 0 Å². The van der Waals surface area contributed by atoms with Crippen LogP contribution in [0.1, 0.15) is 35.8 Å². The molecule has 0 saturated carbocycles. The van der Waals surface area contributed by atoms with Gasteiger partial charge in [-0.2, -0.15) is 0 Å². The van der Waals surface area contributed by atoms with Gasteiger partial charge in [0.25, 0.3) is 5.91 Å². The second-order valence-electron chi connectivity index (χ2n) is 5.93. The standard InChI is InChI=1S/C18H22N4O3/c1-3-4-9-22(2)18(23)14-6-8-17(21-20-14)19-11-13-5-7-15-16(10-13)25-12-24-15/h5-8,10H,3-4,9,11-12H2,1-2H3,(H,19,21). The Bertz CT molecular complexity index is 734. The highest BCUT2D eigenvalue weighted by Gasteiger charge is 2.14. The molecular formula is C18H22N4O3. The summed E-state index contributed by atoms with van der Waals surface area (Å²) in [5.74, 6) is 2.02. The Morgan fingerprint density at radius 3 is 2.80 bits per heavy atom. The van der Waals surface area contributed by atoms with Gasteiger partial charge in [-0.05, 0) is 36.2 Å². The third kappa shape index (κ3) is 4.17. The number of hydrogen-bond donors (Lipinski definition) is 1. The molecule has 7 heteroatoms. The maximum atomic E-state index is 12.2. The van der Waals surface area contributed by atoms with Gasteiger partial charge in [0.05, 0.1) is 0 Å². The Hall–Kier alpha value is -2.83. The first kappa shape index (κ1) is 17.0. The van der Waals surface area contributed by atoms with Crippen LogP contribution in [0.2, 0.25) is 0 Å². The van der Waals surface area contributed by atoms with Gasteiger partial charge in [-0.1, -0.05) is 19.4 Å². The smallest absolute Gasteiger partial charge is 0.274 e. The minimum Gasteiger partial charge on any atom is -0.454 e. The highest BCUT2D eigenvalue weighted by molar-refractivity contribution is 5.92. The lowest BCUT2D eigenvalue weighted by atomic mass is 10.2. The van der Waals surface area contributed by atoms with Gasteiger partial charge in [-0.25, -0.2) is 0 Å². The third-order valence-corrected chi connectivity index (χ3v) is 3.99. The molecule has 0 unspecified atom stereocenters. The molecule has 3 rings (SSSR count). The fourth-order valence-corrected chi connectivity index (χ4v) is 2.48. The number of benzene rings is 1. The van der Waals surface area contributed by atoms with E-state index in [0.29, 0.717) is 18.1 Å². The van der Waals surface area contributed by atoms with E-state index in [2.05, 4.69) is 22.4 Å². The van der Waals surface area contributed by atoms with E-state index < -0.39 is 0 Å². The monoisotopic (exact) mass is 342 g/mol. The van der Waals surface area contributed by atoms with Gasteiger partial charge in [0.2, 0.25) is 6.79 Å². The minimum absolute atomic E-state index is 0.108. The van der Waals surface area contributed by atoms with Crippen LogP contribution in [0.3, 0.4) is 0 Å². The summed E-state index contributed by atoms with van der Waals surface area (Å²) in [5, 5.41) is 11.3. The van der Waals surface area contributed by atoms with Crippen molar-refractivity contribution >= 4 is 11.7 Å². The molecule has 0 spiro atoms. The number of aromatic nitrogens is 2. The van der Waals surface area contributed by atoms with Gasteiger partial charge in [-0.15, -0.1) is 10.2 Å². The molecule has 0 bridgehead atoms. The zero-order valence-corrected chi connectivity index (χ0v) is 14.5. The third-order valence-electron chi connectivity index (χ3n) is 3.99. The predicted molar refractivity (Wildman–Crippen MR) is 93.8 cm³/mol. The molecule has 1 aromatic heterocycles. The second-order valence-corrected chi connectivity index (χ2v) is 5.93. The van der Waals surface area contributed by atoms with Crippen molar-refractivity contribution in [1.29, 1.82) is 0 Å². The second kappa shape index (κ2) is 7.83. The van der Waals surface area contributed by atoms with E-state index in [1.54, 1.807) is 24.1 Å². The van der Waals surface area contributed by atoms with E-state index in [9.17, 15) is 4.79 Å². The van der Waals surface area contributed by atoms with E-state index in [1.165, 1.54) is 0 Å². The highest BCUT2D eigenvalue weighted by Crippen LogP contribution is 2.32. The minimum atomic E-state index is -0.108. The van der Waals surface area contributed by atoms with Crippen LogP contribution in [0.25, 0.3) is 0 Å². The van der Waals surface area contributed by atoms with Crippen LogP contribution < -0.4 is 14.8 Å². The van der Waals surface area contributed by atoms with Crippen LogP contribution in [-0.4, -0.2) is 41.4 Å². The molecule has 0 atom stereocenters. The molecule has 0 saturated heterocycles. The van der Waals surface area contributed by atoms with E-state index in [4.69, 9.17) is 9.47 Å². The summed E-state index contributed by atoms with van der Waals surface area (Å²) in [6, 6.07) is 9.25. The lowest BCUT2D eigenvalue weighted by Gasteiger charge is -2.15. The van der Waals surface area contributed by atoms with Crippen LogP contribution in [-0.2, 0) is 6.54 Å². The summed E-state index contributed by atoms with van der Waals surface area (Å²) in [4.78, 5) is 13.9. The van der Waals surface area contributed by atoms with Crippen LogP contribution in [0.5, 0.6) is 11.5 Å². The van der Waals surface area contributed by atoms with Gasteiger partial charge in [0.15, 0.2) is 17.2 Å². The quantitative estimate of drug-likeness (QED) is 0.834. The molecule has 0 fully saturated rings. The molecule has 1 N–H and O–H groups in total. The van der Waals surface area contributed by atoms with Crippen molar-refractivity contribution < 1.29 is 14.3 Å². The molecule has 132 valence electrons. The molecular weight excluding hydrogens is 320 g/mol. The Kier molecular flexibility index (Phi) is 5.33. The van der Waals surface area contributed by atoms with Gasteiger partial charge >= 0.3 is 0 Å². The molecule has 1 aliphatic rings. The number of nitrogens with zero attached hydrogens (tertiary/aromatic N) is 3. The van der Waals surface area contributed by atoms with Crippen LogP contribution in [0.15, 0.2) is 30.3 Å². The van der Waals surface area contributed by atoms with Gasteiger partial charge in [0.1, 0.15) is 5.82 Å². The summed E-state index contributed by atoms with van der Waals surface area (Å²) < 4.78 is 10.7. The molecule has 1 aromatic carbocycles. The van der Waals surface area contributed by atoms with Crippen LogP contribution >= 0.6 is 0 Å². The number of nitrogens with one attached hydrogen (secondary N) is 1. The molecule has 2 aromatic rings. The highest BCUT2D eigenvalue weighted by atomic mass is 16.7. The molecule has 0 radical (unpaired) electrons. The molecule has 1 amide bonds. The first-order valence-corrected chi connectivity index (χ1v) is 8.39.